The number of hydrogen-bond donors (Lipinski definition) is 1. The van der Waals surface area contributed by atoms with Crippen LogP contribution >= 0.6 is 0 Å². The van der Waals surface area contributed by atoms with Crippen molar-refractivity contribution in [2.75, 3.05) is 5.32 Å². The van der Waals surface area contributed by atoms with Crippen LogP contribution in [0.3, 0.4) is 0 Å². The highest BCUT2D eigenvalue weighted by Gasteiger charge is 2.10. The lowest BCUT2D eigenvalue weighted by Gasteiger charge is -2.04. The van der Waals surface area contributed by atoms with Gasteiger partial charge in [-0.2, -0.15) is 0 Å². The Morgan fingerprint density at radius 3 is 1.67 bits per heavy atom. The van der Waals surface area contributed by atoms with Gasteiger partial charge in [-0.25, -0.2) is 0 Å². The molecule has 1 N–H and O–H groups in total. The number of anilines is 1. The van der Waals surface area contributed by atoms with E-state index in [1.54, 1.807) is 0 Å². The van der Waals surface area contributed by atoms with Gasteiger partial charge < -0.3 is 5.32 Å². The van der Waals surface area contributed by atoms with E-state index >= 15 is 0 Å². The normalized spacial score (nSPS) is 9.90. The molecule has 2 rings (SSSR count). The van der Waals surface area contributed by atoms with E-state index in [9.17, 15) is 25.0 Å². The van der Waals surface area contributed by atoms with E-state index in [0.717, 1.165) is 0 Å². The van der Waals surface area contributed by atoms with Crippen LogP contribution in [0.5, 0.6) is 0 Å². The Kier molecular flexibility index (Phi) is 3.89. The minimum absolute atomic E-state index is 0.0802. The highest BCUT2D eigenvalue weighted by Crippen LogP contribution is 2.17. The van der Waals surface area contributed by atoms with Crippen LogP contribution in [0.2, 0.25) is 0 Å². The number of carbonyl (C=O) groups is 1. The molecule has 0 heterocycles. The van der Waals surface area contributed by atoms with Crippen molar-refractivity contribution in [1.82, 2.24) is 0 Å². The van der Waals surface area contributed by atoms with Crippen molar-refractivity contribution in [1.29, 1.82) is 0 Å². The fraction of sp³-hybridized carbons (Fsp3) is 0. The number of carbonyl (C=O) groups excluding carboxylic acids is 1. The summed E-state index contributed by atoms with van der Waals surface area (Å²) < 4.78 is 0. The summed E-state index contributed by atoms with van der Waals surface area (Å²) in [6, 6.07) is 10.5. The Balaban J connectivity index is 2.10. The molecule has 0 radical (unpaired) electrons. The van der Waals surface area contributed by atoms with Crippen LogP contribution in [0, 0.1) is 20.2 Å². The maximum absolute atomic E-state index is 11.9. The smallest absolute Gasteiger partial charge is 0.269 e. The topological polar surface area (TPSA) is 115 Å². The average Bonchev–Trinajstić information content (AvgIpc) is 2.47. The fourth-order valence-electron chi connectivity index (χ4n) is 1.60. The van der Waals surface area contributed by atoms with E-state index in [1.165, 1.54) is 48.5 Å². The van der Waals surface area contributed by atoms with Crippen LogP contribution < -0.4 is 5.32 Å². The number of amides is 1. The van der Waals surface area contributed by atoms with Crippen LogP contribution in [-0.2, 0) is 0 Å². The van der Waals surface area contributed by atoms with E-state index in [2.05, 4.69) is 5.32 Å². The largest absolute Gasteiger partial charge is 0.322 e. The quantitative estimate of drug-likeness (QED) is 0.685. The van der Waals surface area contributed by atoms with Gasteiger partial charge >= 0.3 is 0 Å². The van der Waals surface area contributed by atoms with Gasteiger partial charge in [-0.15, -0.1) is 0 Å². The van der Waals surface area contributed by atoms with Gasteiger partial charge in [-0.3, -0.25) is 25.0 Å². The van der Waals surface area contributed by atoms with E-state index in [4.69, 9.17) is 0 Å². The first-order chi connectivity index (χ1) is 9.97. The molecule has 0 bridgehead atoms. The van der Waals surface area contributed by atoms with Crippen LogP contribution in [0.1, 0.15) is 10.4 Å². The van der Waals surface area contributed by atoms with Crippen LogP contribution in [0.15, 0.2) is 48.5 Å². The number of non-ortho nitro benzene ring substituents is 2. The van der Waals surface area contributed by atoms with Crippen molar-refractivity contribution >= 4 is 23.0 Å². The van der Waals surface area contributed by atoms with E-state index in [0.29, 0.717) is 5.69 Å². The van der Waals surface area contributed by atoms with Crippen LogP contribution in [0.25, 0.3) is 0 Å². The molecule has 0 fully saturated rings. The molecule has 2 aromatic carbocycles. The van der Waals surface area contributed by atoms with Gasteiger partial charge in [-0.05, 0) is 24.3 Å². The predicted octanol–water partition coefficient (Wildman–Crippen LogP) is 2.76. The van der Waals surface area contributed by atoms with Crippen molar-refractivity contribution in [2.24, 2.45) is 0 Å². The maximum Gasteiger partial charge on any atom is 0.269 e. The lowest BCUT2D eigenvalue weighted by atomic mass is 10.2. The summed E-state index contributed by atoms with van der Waals surface area (Å²) in [7, 11) is 0. The Labute approximate surface area is 118 Å². The molecule has 0 aliphatic rings. The molecule has 8 nitrogen and oxygen atoms in total. The third-order valence-electron chi connectivity index (χ3n) is 2.68. The van der Waals surface area contributed by atoms with Gasteiger partial charge in [0.2, 0.25) is 0 Å². The number of hydrogen-bond acceptors (Lipinski definition) is 5. The minimum Gasteiger partial charge on any atom is -0.322 e. The average molecular weight is 287 g/mol. The molecule has 0 atom stereocenters. The highest BCUT2D eigenvalue weighted by atomic mass is 16.6. The first kappa shape index (κ1) is 14.1. The third kappa shape index (κ3) is 3.38. The summed E-state index contributed by atoms with van der Waals surface area (Å²) in [6.45, 7) is 0. The summed E-state index contributed by atoms with van der Waals surface area (Å²) in [5, 5.41) is 23.6. The standard InChI is InChI=1S/C13H9N3O5/c17-13(9-1-5-11(6-2-9)15(18)19)14-10-3-7-12(8-4-10)16(20)21/h1-8H,(H,14,17). The second kappa shape index (κ2) is 5.78. The molecule has 8 heteroatoms. The molecule has 0 saturated carbocycles. The van der Waals surface area contributed by atoms with Crippen molar-refractivity contribution < 1.29 is 14.6 Å². The molecular weight excluding hydrogens is 278 g/mol. The molecule has 106 valence electrons. The second-order valence-corrected chi connectivity index (χ2v) is 4.06. The number of nitrogens with zero attached hydrogens (tertiary/aromatic N) is 2. The van der Waals surface area contributed by atoms with Gasteiger partial charge in [0, 0.05) is 35.5 Å². The van der Waals surface area contributed by atoms with Gasteiger partial charge in [0.25, 0.3) is 17.3 Å². The SMILES string of the molecule is O=C(Nc1ccc([N+](=O)[O-])cc1)c1ccc([N+](=O)[O-])cc1. The zero-order valence-corrected chi connectivity index (χ0v) is 10.6. The highest BCUT2D eigenvalue weighted by molar-refractivity contribution is 6.04. The Bertz CT molecular complexity index is 695. The van der Waals surface area contributed by atoms with Crippen molar-refractivity contribution in [3.8, 4) is 0 Å². The number of nitro benzene ring substituents is 2. The molecule has 2 aromatic rings. The molecule has 0 spiro atoms. The molecular formula is C13H9N3O5. The first-order valence-electron chi connectivity index (χ1n) is 5.77. The Morgan fingerprint density at radius 1 is 0.810 bits per heavy atom. The fourth-order valence-corrected chi connectivity index (χ4v) is 1.60. The number of rotatable bonds is 4. The predicted molar refractivity (Wildman–Crippen MR) is 74.1 cm³/mol. The third-order valence-corrected chi connectivity index (χ3v) is 2.68. The van der Waals surface area contributed by atoms with Gasteiger partial charge in [0.05, 0.1) is 9.85 Å². The molecule has 0 aliphatic heterocycles. The summed E-state index contributed by atoms with van der Waals surface area (Å²) in [6.07, 6.45) is 0. The summed E-state index contributed by atoms with van der Waals surface area (Å²) in [4.78, 5) is 31.8. The van der Waals surface area contributed by atoms with Crippen LogP contribution in [0.4, 0.5) is 17.1 Å². The molecule has 0 aliphatic carbocycles. The number of benzene rings is 2. The zero-order chi connectivity index (χ0) is 15.4. The van der Waals surface area contributed by atoms with Gasteiger partial charge in [0.15, 0.2) is 0 Å². The van der Waals surface area contributed by atoms with E-state index < -0.39 is 15.8 Å². The van der Waals surface area contributed by atoms with E-state index in [1.807, 2.05) is 0 Å². The van der Waals surface area contributed by atoms with Crippen molar-refractivity contribution in [3.05, 3.63) is 74.3 Å². The van der Waals surface area contributed by atoms with Gasteiger partial charge in [-0.1, -0.05) is 0 Å². The number of nitrogens with one attached hydrogen (secondary N) is 1. The van der Waals surface area contributed by atoms with E-state index in [-0.39, 0.29) is 16.9 Å². The molecule has 0 unspecified atom stereocenters. The number of nitro groups is 2. The molecule has 21 heavy (non-hydrogen) atoms. The Hall–Kier alpha value is -3.29. The maximum atomic E-state index is 11.9. The monoisotopic (exact) mass is 287 g/mol. The molecule has 0 aromatic heterocycles. The Morgan fingerprint density at radius 2 is 1.24 bits per heavy atom. The van der Waals surface area contributed by atoms with Crippen LogP contribution in [-0.4, -0.2) is 15.8 Å². The minimum atomic E-state index is -0.558. The zero-order valence-electron chi connectivity index (χ0n) is 10.6. The second-order valence-electron chi connectivity index (χ2n) is 4.06. The lowest BCUT2D eigenvalue weighted by Crippen LogP contribution is -2.11. The van der Waals surface area contributed by atoms with Gasteiger partial charge in [0.1, 0.15) is 0 Å². The first-order valence-corrected chi connectivity index (χ1v) is 5.77. The van der Waals surface area contributed by atoms with Crippen molar-refractivity contribution in [3.63, 3.8) is 0 Å². The van der Waals surface area contributed by atoms with Crippen molar-refractivity contribution in [2.45, 2.75) is 0 Å². The summed E-state index contributed by atoms with van der Waals surface area (Å²) in [5.41, 5.74) is 0.452. The summed E-state index contributed by atoms with van der Waals surface area (Å²) in [5.74, 6) is -0.459. The molecule has 1 amide bonds. The molecule has 0 saturated heterocycles. The lowest BCUT2D eigenvalue weighted by molar-refractivity contribution is -0.385. The summed E-state index contributed by atoms with van der Waals surface area (Å²) >= 11 is 0.